The molecule has 3 aromatic rings. The number of allylic oxidation sites excluding steroid dienone is 1. The summed E-state index contributed by atoms with van der Waals surface area (Å²) in [7, 11) is 0. The van der Waals surface area contributed by atoms with Crippen LogP contribution in [0.5, 0.6) is 0 Å². The van der Waals surface area contributed by atoms with Crippen molar-refractivity contribution < 1.29 is 19.2 Å². The summed E-state index contributed by atoms with van der Waals surface area (Å²) in [6.45, 7) is 6.20. The van der Waals surface area contributed by atoms with Crippen molar-refractivity contribution in [3.05, 3.63) is 87.2 Å². The lowest BCUT2D eigenvalue weighted by Crippen LogP contribution is -2.15. The Kier molecular flexibility index (Phi) is 6.88. The molecule has 0 aliphatic carbocycles. The van der Waals surface area contributed by atoms with Gasteiger partial charge >= 0.3 is 5.97 Å². The van der Waals surface area contributed by atoms with Crippen LogP contribution in [-0.4, -0.2) is 28.0 Å². The number of thiazole rings is 1. The molecule has 0 radical (unpaired) electrons. The number of rotatable bonds is 7. The molecule has 8 nitrogen and oxygen atoms in total. The van der Waals surface area contributed by atoms with Gasteiger partial charge in [-0.25, -0.2) is 4.79 Å². The van der Waals surface area contributed by atoms with E-state index in [2.05, 4.69) is 11.6 Å². The normalized spacial score (nSPS) is 11.7. The number of carbonyl (C=O) groups excluding carboxylic acids is 2. The molecule has 2 aromatic carbocycles. The van der Waals surface area contributed by atoms with Crippen molar-refractivity contribution in [2.75, 3.05) is 6.61 Å². The molecule has 0 spiro atoms. The summed E-state index contributed by atoms with van der Waals surface area (Å²) in [5, 5.41) is 10.9. The summed E-state index contributed by atoms with van der Waals surface area (Å²) in [5.74, 6) is -0.927. The molecule has 31 heavy (non-hydrogen) atoms. The van der Waals surface area contributed by atoms with Crippen LogP contribution >= 0.6 is 11.3 Å². The number of nitrogens with zero attached hydrogens (tertiary/aromatic N) is 3. The number of amides is 1. The standard InChI is InChI=1S/C22H19N3O5S/c1-3-12-24-18-10-9-16(21(27)30-4-2)14-19(18)31-22(24)23-20(26)11-8-15-6-5-7-17(13-15)25(28)29/h3,5-11,13-14H,1,4,12H2,2H3/b11-8+,23-22?. The van der Waals surface area contributed by atoms with E-state index in [4.69, 9.17) is 4.74 Å². The second-order valence-electron chi connectivity index (χ2n) is 6.32. The van der Waals surface area contributed by atoms with Crippen LogP contribution < -0.4 is 4.80 Å². The molecule has 0 aliphatic rings. The van der Waals surface area contributed by atoms with Gasteiger partial charge in [0.05, 0.1) is 27.3 Å². The van der Waals surface area contributed by atoms with Crippen molar-refractivity contribution in [3.63, 3.8) is 0 Å². The third-order valence-electron chi connectivity index (χ3n) is 4.21. The van der Waals surface area contributed by atoms with E-state index in [0.29, 0.717) is 22.5 Å². The molecule has 0 saturated heterocycles. The number of hydrogen-bond donors (Lipinski definition) is 0. The highest BCUT2D eigenvalue weighted by Crippen LogP contribution is 2.20. The zero-order chi connectivity index (χ0) is 22.4. The molecule has 0 atom stereocenters. The van der Waals surface area contributed by atoms with Crippen LogP contribution in [0.4, 0.5) is 5.69 Å². The van der Waals surface area contributed by atoms with Gasteiger partial charge in [0.15, 0.2) is 4.80 Å². The van der Waals surface area contributed by atoms with Gasteiger partial charge in [-0.3, -0.25) is 14.9 Å². The summed E-state index contributed by atoms with van der Waals surface area (Å²) >= 11 is 1.27. The van der Waals surface area contributed by atoms with E-state index in [1.54, 1.807) is 43.3 Å². The van der Waals surface area contributed by atoms with Gasteiger partial charge in [0.25, 0.3) is 11.6 Å². The maximum atomic E-state index is 12.4. The molecule has 0 unspecified atom stereocenters. The first-order chi connectivity index (χ1) is 14.9. The monoisotopic (exact) mass is 437 g/mol. The Bertz CT molecular complexity index is 1270. The number of nitro groups is 1. The highest BCUT2D eigenvalue weighted by Gasteiger charge is 2.12. The molecule has 0 saturated carbocycles. The van der Waals surface area contributed by atoms with Gasteiger partial charge in [-0.05, 0) is 36.8 Å². The SMILES string of the molecule is C=CCn1c(=NC(=O)/C=C/c2cccc([N+](=O)[O-])c2)sc2cc(C(=O)OCC)ccc21. The summed E-state index contributed by atoms with van der Waals surface area (Å²) < 4.78 is 7.64. The second kappa shape index (κ2) is 9.77. The lowest BCUT2D eigenvalue weighted by Gasteiger charge is -2.03. The van der Waals surface area contributed by atoms with Gasteiger partial charge in [-0.15, -0.1) is 6.58 Å². The Hall–Kier alpha value is -3.85. The molecule has 1 heterocycles. The Morgan fingerprint density at radius 3 is 2.81 bits per heavy atom. The molecule has 0 aliphatic heterocycles. The number of fused-ring (bicyclic) bond motifs is 1. The number of ether oxygens (including phenoxy) is 1. The van der Waals surface area contributed by atoms with Crippen molar-refractivity contribution in [1.29, 1.82) is 0 Å². The Balaban J connectivity index is 1.96. The van der Waals surface area contributed by atoms with Crippen molar-refractivity contribution in [3.8, 4) is 0 Å². The van der Waals surface area contributed by atoms with Crippen molar-refractivity contribution in [2.45, 2.75) is 13.5 Å². The Morgan fingerprint density at radius 1 is 1.29 bits per heavy atom. The maximum absolute atomic E-state index is 12.4. The van der Waals surface area contributed by atoms with Gasteiger partial charge in [0.2, 0.25) is 0 Å². The maximum Gasteiger partial charge on any atom is 0.338 e. The molecule has 0 N–H and O–H groups in total. The van der Waals surface area contributed by atoms with Crippen LogP contribution in [-0.2, 0) is 16.1 Å². The number of benzene rings is 2. The third kappa shape index (κ3) is 5.20. The largest absolute Gasteiger partial charge is 0.462 e. The fraction of sp³-hybridized carbons (Fsp3) is 0.136. The lowest BCUT2D eigenvalue weighted by molar-refractivity contribution is -0.384. The molecule has 3 rings (SSSR count). The summed E-state index contributed by atoms with van der Waals surface area (Å²) in [6.07, 6.45) is 4.42. The third-order valence-corrected chi connectivity index (χ3v) is 5.25. The van der Waals surface area contributed by atoms with E-state index in [1.165, 1.54) is 35.6 Å². The Morgan fingerprint density at radius 2 is 2.10 bits per heavy atom. The summed E-state index contributed by atoms with van der Waals surface area (Å²) in [6, 6.07) is 11.1. The minimum atomic E-state index is -0.513. The molecule has 1 aromatic heterocycles. The number of carbonyl (C=O) groups is 2. The minimum Gasteiger partial charge on any atom is -0.462 e. The van der Waals surface area contributed by atoms with Crippen molar-refractivity contribution >= 4 is 45.2 Å². The first-order valence-electron chi connectivity index (χ1n) is 9.35. The van der Waals surface area contributed by atoms with Crippen LogP contribution in [0.1, 0.15) is 22.8 Å². The summed E-state index contributed by atoms with van der Waals surface area (Å²) in [5.41, 5.74) is 1.70. The van der Waals surface area contributed by atoms with Gasteiger partial charge in [-0.2, -0.15) is 4.99 Å². The van der Waals surface area contributed by atoms with Gasteiger partial charge in [0.1, 0.15) is 0 Å². The first-order valence-corrected chi connectivity index (χ1v) is 10.2. The smallest absolute Gasteiger partial charge is 0.338 e. The quantitative estimate of drug-likeness (QED) is 0.182. The molecular weight excluding hydrogens is 418 g/mol. The van der Waals surface area contributed by atoms with Crippen LogP contribution in [0.2, 0.25) is 0 Å². The second-order valence-corrected chi connectivity index (χ2v) is 7.33. The fourth-order valence-electron chi connectivity index (χ4n) is 2.85. The van der Waals surface area contributed by atoms with Crippen LogP contribution in [0.3, 0.4) is 0 Å². The number of nitro benzene ring substituents is 1. The van der Waals surface area contributed by atoms with E-state index in [1.807, 2.05) is 4.57 Å². The average Bonchev–Trinajstić information content (AvgIpc) is 3.09. The van der Waals surface area contributed by atoms with Crippen LogP contribution in [0.15, 0.2) is 66.2 Å². The predicted molar refractivity (Wildman–Crippen MR) is 119 cm³/mol. The molecule has 0 fully saturated rings. The molecule has 1 amide bonds. The highest BCUT2D eigenvalue weighted by molar-refractivity contribution is 7.16. The molecule has 0 bridgehead atoms. The number of hydrogen-bond acceptors (Lipinski definition) is 6. The number of aromatic nitrogens is 1. The minimum absolute atomic E-state index is 0.0581. The summed E-state index contributed by atoms with van der Waals surface area (Å²) in [4.78, 5) is 39.4. The van der Waals surface area contributed by atoms with E-state index in [9.17, 15) is 19.7 Å². The number of esters is 1. The van der Waals surface area contributed by atoms with Crippen molar-refractivity contribution in [2.24, 2.45) is 4.99 Å². The molecular formula is C22H19N3O5S. The van der Waals surface area contributed by atoms with Gasteiger partial charge in [0, 0.05) is 24.8 Å². The Labute approximate surface area is 181 Å². The zero-order valence-electron chi connectivity index (χ0n) is 16.7. The van der Waals surface area contributed by atoms with Crippen LogP contribution in [0.25, 0.3) is 16.3 Å². The average molecular weight is 437 g/mol. The van der Waals surface area contributed by atoms with Crippen molar-refractivity contribution in [1.82, 2.24) is 4.57 Å². The molecule has 158 valence electrons. The van der Waals surface area contributed by atoms with Gasteiger partial charge < -0.3 is 9.30 Å². The van der Waals surface area contributed by atoms with Crippen LogP contribution in [0, 0.1) is 10.1 Å². The lowest BCUT2D eigenvalue weighted by atomic mass is 10.2. The number of non-ortho nitro benzene ring substituents is 1. The highest BCUT2D eigenvalue weighted by atomic mass is 32.1. The fourth-order valence-corrected chi connectivity index (χ4v) is 3.93. The molecule has 9 heteroatoms. The zero-order valence-corrected chi connectivity index (χ0v) is 17.5. The van der Waals surface area contributed by atoms with E-state index < -0.39 is 16.8 Å². The predicted octanol–water partition coefficient (Wildman–Crippen LogP) is 4.11. The van der Waals surface area contributed by atoms with E-state index >= 15 is 0 Å². The van der Waals surface area contributed by atoms with E-state index in [-0.39, 0.29) is 12.3 Å². The van der Waals surface area contributed by atoms with Gasteiger partial charge in [-0.1, -0.05) is 29.5 Å². The topological polar surface area (TPSA) is 104 Å². The first kappa shape index (κ1) is 21.8. The van der Waals surface area contributed by atoms with E-state index in [0.717, 1.165) is 10.2 Å².